The summed E-state index contributed by atoms with van der Waals surface area (Å²) in [6.07, 6.45) is 2.20. The van der Waals surface area contributed by atoms with E-state index in [-0.39, 0.29) is 11.8 Å². The predicted octanol–water partition coefficient (Wildman–Crippen LogP) is 2.37. The molecule has 0 spiro atoms. The van der Waals surface area contributed by atoms with Crippen LogP contribution in [0.15, 0.2) is 24.4 Å². The minimum absolute atomic E-state index is 0.0613. The zero-order valence-electron chi connectivity index (χ0n) is 11.3. The van der Waals surface area contributed by atoms with Crippen LogP contribution in [0.4, 0.5) is 0 Å². The monoisotopic (exact) mass is 277 g/mol. The fraction of sp³-hybridized carbons (Fsp3) is 0.500. The quantitative estimate of drug-likeness (QED) is 0.777. The predicted molar refractivity (Wildman–Crippen MR) is 77.4 cm³/mol. The highest BCUT2D eigenvalue weighted by Gasteiger charge is 2.14. The first kappa shape index (κ1) is 15.5. The average molecular weight is 277 g/mol. The molecule has 1 aromatic rings. The van der Waals surface area contributed by atoms with Crippen LogP contribution in [-0.4, -0.2) is 22.7 Å². The molecule has 0 radical (unpaired) electrons. The molecule has 0 aromatic carbocycles. The maximum atomic E-state index is 11.6. The van der Waals surface area contributed by atoms with Gasteiger partial charge in [-0.15, -0.1) is 0 Å². The molecule has 102 valence electrons. The highest BCUT2D eigenvalue weighted by Crippen LogP contribution is 2.10. The number of amides is 1. The van der Waals surface area contributed by atoms with Crippen LogP contribution in [0, 0.1) is 17.2 Å². The Labute approximate surface area is 118 Å². The summed E-state index contributed by atoms with van der Waals surface area (Å²) < 4.78 is 0. The van der Waals surface area contributed by atoms with Gasteiger partial charge in [-0.05, 0) is 18.1 Å². The Bertz CT molecular complexity index is 428. The molecule has 1 aromatic heterocycles. The Morgan fingerprint density at radius 3 is 2.89 bits per heavy atom. The van der Waals surface area contributed by atoms with E-state index in [1.165, 1.54) is 0 Å². The normalized spacial score (nSPS) is 11.9. The van der Waals surface area contributed by atoms with E-state index in [0.29, 0.717) is 6.42 Å². The van der Waals surface area contributed by atoms with Crippen molar-refractivity contribution >= 4 is 17.7 Å². The van der Waals surface area contributed by atoms with E-state index in [1.54, 1.807) is 18.0 Å². The van der Waals surface area contributed by atoms with Gasteiger partial charge in [0.2, 0.25) is 5.91 Å². The molecule has 1 N–H and O–H groups in total. The number of thioether (sulfide) groups is 1. The Morgan fingerprint density at radius 1 is 1.53 bits per heavy atom. The van der Waals surface area contributed by atoms with Crippen LogP contribution < -0.4 is 5.32 Å². The second kappa shape index (κ2) is 8.54. The van der Waals surface area contributed by atoms with Gasteiger partial charge in [0.05, 0.1) is 11.8 Å². The lowest BCUT2D eigenvalue weighted by atomic mass is 10.1. The minimum Gasteiger partial charge on any atom is -0.340 e. The van der Waals surface area contributed by atoms with Crippen molar-refractivity contribution in [3.05, 3.63) is 30.1 Å². The minimum atomic E-state index is -0.395. The molecule has 0 aliphatic heterocycles. The molecular weight excluding hydrogens is 258 g/mol. The highest BCUT2D eigenvalue weighted by atomic mass is 32.2. The summed E-state index contributed by atoms with van der Waals surface area (Å²) in [5.41, 5.74) is 1.02. The fourth-order valence-electron chi connectivity index (χ4n) is 1.42. The van der Waals surface area contributed by atoms with Gasteiger partial charge in [0.25, 0.3) is 0 Å². The van der Waals surface area contributed by atoms with E-state index in [0.717, 1.165) is 17.2 Å². The molecule has 0 saturated carbocycles. The number of nitrogens with one attached hydrogen (secondary N) is 1. The van der Waals surface area contributed by atoms with Crippen molar-refractivity contribution in [1.29, 1.82) is 5.26 Å². The molecule has 1 amide bonds. The van der Waals surface area contributed by atoms with E-state index < -0.39 is 6.04 Å². The van der Waals surface area contributed by atoms with E-state index in [2.05, 4.69) is 16.4 Å². The van der Waals surface area contributed by atoms with Crippen molar-refractivity contribution in [2.75, 3.05) is 5.75 Å². The number of rotatable bonds is 7. The first-order valence-corrected chi connectivity index (χ1v) is 7.45. The van der Waals surface area contributed by atoms with Crippen molar-refractivity contribution in [2.24, 2.45) is 5.92 Å². The van der Waals surface area contributed by atoms with Crippen LogP contribution in [0.1, 0.15) is 26.0 Å². The zero-order chi connectivity index (χ0) is 14.1. The standard InChI is InChI=1S/C14H19N3OS/c1-11(2)13(9-15)17-14(18)6-8-19-10-12-5-3-4-7-16-12/h3-5,7,11,13H,6,8,10H2,1-2H3,(H,17,18)/t13-/m0/s1. The van der Waals surface area contributed by atoms with Crippen LogP contribution in [0.2, 0.25) is 0 Å². The molecule has 0 aliphatic carbocycles. The molecule has 0 aliphatic rings. The summed E-state index contributed by atoms with van der Waals surface area (Å²) in [4.78, 5) is 15.9. The van der Waals surface area contributed by atoms with E-state index in [1.807, 2.05) is 32.0 Å². The van der Waals surface area contributed by atoms with Gasteiger partial charge in [0.1, 0.15) is 6.04 Å². The number of carbonyl (C=O) groups is 1. The van der Waals surface area contributed by atoms with Crippen molar-refractivity contribution in [3.8, 4) is 6.07 Å². The number of hydrogen-bond donors (Lipinski definition) is 1. The summed E-state index contributed by atoms with van der Waals surface area (Å²) in [7, 11) is 0. The lowest BCUT2D eigenvalue weighted by molar-refractivity contribution is -0.121. The molecular formula is C14H19N3OS. The van der Waals surface area contributed by atoms with Crippen LogP contribution in [0.25, 0.3) is 0 Å². The Hall–Kier alpha value is -1.54. The van der Waals surface area contributed by atoms with Crippen LogP contribution >= 0.6 is 11.8 Å². The Balaban J connectivity index is 2.19. The van der Waals surface area contributed by atoms with Crippen molar-refractivity contribution < 1.29 is 4.79 Å². The molecule has 1 rings (SSSR count). The van der Waals surface area contributed by atoms with Crippen LogP contribution in [-0.2, 0) is 10.5 Å². The largest absolute Gasteiger partial charge is 0.340 e. The molecule has 1 heterocycles. The number of hydrogen-bond acceptors (Lipinski definition) is 4. The van der Waals surface area contributed by atoms with E-state index >= 15 is 0 Å². The SMILES string of the molecule is CC(C)[C@H](C#N)NC(=O)CCSCc1ccccn1. The maximum absolute atomic E-state index is 11.6. The molecule has 5 heteroatoms. The number of pyridine rings is 1. The number of aromatic nitrogens is 1. The summed E-state index contributed by atoms with van der Waals surface area (Å²) >= 11 is 1.67. The van der Waals surface area contributed by atoms with Crippen LogP contribution in [0.5, 0.6) is 0 Å². The summed E-state index contributed by atoms with van der Waals surface area (Å²) in [5.74, 6) is 1.61. The first-order valence-electron chi connectivity index (χ1n) is 6.30. The van der Waals surface area contributed by atoms with Gasteiger partial charge in [-0.3, -0.25) is 9.78 Å². The second-order valence-corrected chi connectivity index (χ2v) is 5.65. The third-order valence-corrected chi connectivity index (χ3v) is 3.56. The highest BCUT2D eigenvalue weighted by molar-refractivity contribution is 7.98. The van der Waals surface area contributed by atoms with Gasteiger partial charge >= 0.3 is 0 Å². The summed E-state index contributed by atoms with van der Waals surface area (Å²) in [5, 5.41) is 11.6. The fourth-order valence-corrected chi connectivity index (χ4v) is 2.27. The third-order valence-electron chi connectivity index (χ3n) is 2.57. The van der Waals surface area contributed by atoms with Crippen molar-refractivity contribution in [1.82, 2.24) is 10.3 Å². The lowest BCUT2D eigenvalue weighted by Crippen LogP contribution is -2.37. The van der Waals surface area contributed by atoms with E-state index in [9.17, 15) is 4.79 Å². The zero-order valence-corrected chi connectivity index (χ0v) is 12.1. The number of carbonyl (C=O) groups excluding carboxylic acids is 1. The Kier molecular flexibility index (Phi) is 6.98. The van der Waals surface area contributed by atoms with Gasteiger partial charge in [-0.2, -0.15) is 17.0 Å². The van der Waals surface area contributed by atoms with Crippen molar-refractivity contribution in [3.63, 3.8) is 0 Å². The smallest absolute Gasteiger partial charge is 0.221 e. The number of nitrogens with zero attached hydrogens (tertiary/aromatic N) is 2. The van der Waals surface area contributed by atoms with Gasteiger partial charge < -0.3 is 5.32 Å². The van der Waals surface area contributed by atoms with Gasteiger partial charge in [0.15, 0.2) is 0 Å². The third kappa shape index (κ3) is 6.25. The molecule has 4 nitrogen and oxygen atoms in total. The van der Waals surface area contributed by atoms with Gasteiger partial charge in [0, 0.05) is 24.1 Å². The molecule has 19 heavy (non-hydrogen) atoms. The number of nitriles is 1. The average Bonchev–Trinajstić information content (AvgIpc) is 2.42. The molecule has 0 fully saturated rings. The lowest BCUT2D eigenvalue weighted by Gasteiger charge is -2.14. The molecule has 0 bridgehead atoms. The molecule has 0 unspecified atom stereocenters. The second-order valence-electron chi connectivity index (χ2n) is 4.54. The summed E-state index contributed by atoms with van der Waals surface area (Å²) in [6.45, 7) is 3.84. The Morgan fingerprint density at radius 2 is 2.32 bits per heavy atom. The first-order chi connectivity index (χ1) is 9.13. The molecule has 1 atom stereocenters. The topological polar surface area (TPSA) is 65.8 Å². The maximum Gasteiger partial charge on any atom is 0.221 e. The van der Waals surface area contributed by atoms with Gasteiger partial charge in [-0.1, -0.05) is 19.9 Å². The summed E-state index contributed by atoms with van der Waals surface area (Å²) in [6, 6.07) is 7.51. The van der Waals surface area contributed by atoms with Crippen LogP contribution in [0.3, 0.4) is 0 Å². The molecule has 0 saturated heterocycles. The van der Waals surface area contributed by atoms with Crippen molar-refractivity contribution in [2.45, 2.75) is 32.1 Å². The van der Waals surface area contributed by atoms with Gasteiger partial charge in [-0.25, -0.2) is 0 Å². The van der Waals surface area contributed by atoms with E-state index in [4.69, 9.17) is 5.26 Å².